The van der Waals surface area contributed by atoms with E-state index in [0.29, 0.717) is 0 Å². The van der Waals surface area contributed by atoms with Crippen molar-refractivity contribution in [2.24, 2.45) is 11.8 Å². The third kappa shape index (κ3) is 3.75. The average molecular weight is 184 g/mol. The van der Waals surface area contributed by atoms with E-state index in [9.17, 15) is 4.70 Å². The molecule has 0 saturated heterocycles. The van der Waals surface area contributed by atoms with Gasteiger partial charge in [0, 0.05) is 0 Å². The van der Waals surface area contributed by atoms with Crippen molar-refractivity contribution < 1.29 is 4.70 Å². The fraction of sp³-hybridized carbons (Fsp3) is 1.00. The SMILES string of the molecule is C[C@@H]1CCCC(CCSB=O)C1. The molecule has 0 aliphatic heterocycles. The summed E-state index contributed by atoms with van der Waals surface area (Å²) >= 11 is 1.42. The van der Waals surface area contributed by atoms with Crippen LogP contribution in [0, 0.1) is 11.8 Å². The van der Waals surface area contributed by atoms with Crippen molar-refractivity contribution in [2.45, 2.75) is 39.0 Å². The minimum absolute atomic E-state index is 0.904. The van der Waals surface area contributed by atoms with Crippen molar-refractivity contribution in [1.82, 2.24) is 0 Å². The predicted molar refractivity (Wildman–Crippen MR) is 54.6 cm³/mol. The van der Waals surface area contributed by atoms with Gasteiger partial charge in [0.25, 0.3) is 0 Å². The molecule has 12 heavy (non-hydrogen) atoms. The summed E-state index contributed by atoms with van der Waals surface area (Å²) in [5.74, 6) is 2.85. The van der Waals surface area contributed by atoms with Crippen molar-refractivity contribution in [3.05, 3.63) is 0 Å². The van der Waals surface area contributed by atoms with Crippen LogP contribution in [-0.2, 0) is 4.70 Å². The summed E-state index contributed by atoms with van der Waals surface area (Å²) in [7, 11) is 0. The molecule has 0 N–H and O–H groups in total. The van der Waals surface area contributed by atoms with E-state index in [1.165, 1.54) is 43.7 Å². The Morgan fingerprint density at radius 1 is 1.50 bits per heavy atom. The summed E-state index contributed by atoms with van der Waals surface area (Å²) in [6.45, 7) is 2.35. The normalized spacial score (nSPS) is 29.8. The van der Waals surface area contributed by atoms with E-state index in [1.54, 1.807) is 0 Å². The second-order valence-electron chi connectivity index (χ2n) is 3.89. The van der Waals surface area contributed by atoms with Crippen LogP contribution in [0.25, 0.3) is 0 Å². The molecular formula is C9H17BOS. The monoisotopic (exact) mass is 184 g/mol. The average Bonchev–Trinajstić information content (AvgIpc) is 2.05. The van der Waals surface area contributed by atoms with E-state index in [2.05, 4.69) is 6.92 Å². The summed E-state index contributed by atoms with van der Waals surface area (Å²) in [6, 6.07) is 0. The molecule has 0 amide bonds. The van der Waals surface area contributed by atoms with E-state index in [1.807, 2.05) is 0 Å². The molecule has 0 aromatic rings. The summed E-state index contributed by atoms with van der Waals surface area (Å²) in [5, 5.41) is 0. The molecule has 0 bridgehead atoms. The van der Waals surface area contributed by atoms with Crippen molar-refractivity contribution in [3.63, 3.8) is 0 Å². The van der Waals surface area contributed by atoms with E-state index in [-0.39, 0.29) is 0 Å². The minimum atomic E-state index is 0.904. The van der Waals surface area contributed by atoms with Gasteiger partial charge in [-0.15, -0.1) is 0 Å². The maximum absolute atomic E-state index is 10.1. The Morgan fingerprint density at radius 3 is 3.00 bits per heavy atom. The topological polar surface area (TPSA) is 17.1 Å². The Hall–Kier alpha value is 0.215. The first-order valence-corrected chi connectivity index (χ1v) is 5.93. The zero-order chi connectivity index (χ0) is 8.81. The van der Waals surface area contributed by atoms with Gasteiger partial charge in [-0.05, 0) is 0 Å². The quantitative estimate of drug-likeness (QED) is 0.493. The Morgan fingerprint density at radius 2 is 2.33 bits per heavy atom. The van der Waals surface area contributed by atoms with Gasteiger partial charge in [0.05, 0.1) is 0 Å². The summed E-state index contributed by atoms with van der Waals surface area (Å²) in [6.07, 6.45) is 7.80. The molecule has 1 saturated carbocycles. The van der Waals surface area contributed by atoms with Crippen LogP contribution in [0.1, 0.15) is 39.0 Å². The predicted octanol–water partition coefficient (Wildman–Crippen LogP) is 2.90. The third-order valence-corrected chi connectivity index (χ3v) is 3.36. The van der Waals surface area contributed by atoms with Crippen LogP contribution >= 0.6 is 11.6 Å². The van der Waals surface area contributed by atoms with Crippen LogP contribution in [0.5, 0.6) is 0 Å². The van der Waals surface area contributed by atoms with Crippen molar-refractivity contribution in [3.8, 4) is 0 Å². The molecule has 2 atom stereocenters. The van der Waals surface area contributed by atoms with E-state index in [0.717, 1.165) is 24.0 Å². The van der Waals surface area contributed by atoms with Crippen LogP contribution in [0.2, 0.25) is 0 Å². The van der Waals surface area contributed by atoms with Crippen LogP contribution in [0.3, 0.4) is 0 Å². The van der Waals surface area contributed by atoms with Crippen LogP contribution < -0.4 is 0 Å². The maximum atomic E-state index is 10.1. The molecule has 1 unspecified atom stereocenters. The van der Waals surface area contributed by atoms with E-state index in [4.69, 9.17) is 0 Å². The fourth-order valence-electron chi connectivity index (χ4n) is 2.10. The van der Waals surface area contributed by atoms with Gasteiger partial charge in [0.15, 0.2) is 0 Å². The fourth-order valence-corrected chi connectivity index (χ4v) is 2.67. The van der Waals surface area contributed by atoms with E-state index >= 15 is 0 Å². The number of rotatable bonds is 4. The van der Waals surface area contributed by atoms with Gasteiger partial charge in [-0.1, -0.05) is 0 Å². The van der Waals surface area contributed by atoms with Crippen molar-refractivity contribution in [2.75, 3.05) is 5.75 Å². The van der Waals surface area contributed by atoms with Gasteiger partial charge in [0.2, 0.25) is 0 Å². The van der Waals surface area contributed by atoms with Crippen LogP contribution in [-0.4, -0.2) is 12.2 Å². The van der Waals surface area contributed by atoms with Crippen molar-refractivity contribution in [1.29, 1.82) is 0 Å². The molecule has 1 fully saturated rings. The summed E-state index contributed by atoms with van der Waals surface area (Å²) in [5.41, 5.74) is 0. The van der Waals surface area contributed by atoms with Gasteiger partial charge in [-0.3, -0.25) is 0 Å². The molecule has 68 valence electrons. The van der Waals surface area contributed by atoms with Crippen molar-refractivity contribution >= 4 is 18.0 Å². The molecule has 3 heteroatoms. The molecule has 0 aromatic carbocycles. The van der Waals surface area contributed by atoms with Gasteiger partial charge >= 0.3 is 79.4 Å². The molecule has 1 aliphatic carbocycles. The third-order valence-electron chi connectivity index (χ3n) is 2.76. The Bertz CT molecular complexity index is 140. The molecule has 1 nitrogen and oxygen atoms in total. The first-order valence-electron chi connectivity index (χ1n) is 4.88. The van der Waals surface area contributed by atoms with Gasteiger partial charge < -0.3 is 0 Å². The molecule has 0 radical (unpaired) electrons. The summed E-state index contributed by atoms with van der Waals surface area (Å²) < 4.78 is 10.1. The molecule has 1 rings (SSSR count). The molecule has 0 heterocycles. The molecule has 1 aliphatic rings. The Kier molecular flexibility index (Phi) is 4.97. The standard InChI is InChI=1S/C9H17BOS/c1-8-3-2-4-9(7-8)5-6-12-10-11/h8-9H,2-7H2,1H3/t8-,9?/m1/s1. The second kappa shape index (κ2) is 5.79. The molecule has 0 spiro atoms. The van der Waals surface area contributed by atoms with Gasteiger partial charge in [-0.2, -0.15) is 0 Å². The first kappa shape index (κ1) is 10.3. The zero-order valence-electron chi connectivity index (χ0n) is 7.79. The van der Waals surface area contributed by atoms with Gasteiger partial charge in [0.1, 0.15) is 0 Å². The molecular weight excluding hydrogens is 167 g/mol. The molecule has 0 aromatic heterocycles. The summed E-state index contributed by atoms with van der Waals surface area (Å²) in [4.78, 5) is 0. The Balaban J connectivity index is 2.09. The number of hydrogen-bond donors (Lipinski definition) is 0. The second-order valence-corrected chi connectivity index (χ2v) is 4.83. The van der Waals surface area contributed by atoms with Crippen LogP contribution in [0.15, 0.2) is 0 Å². The van der Waals surface area contributed by atoms with E-state index < -0.39 is 0 Å². The Labute approximate surface area is 79.8 Å². The first-order chi connectivity index (χ1) is 5.83. The van der Waals surface area contributed by atoms with Gasteiger partial charge in [-0.25, -0.2) is 0 Å². The van der Waals surface area contributed by atoms with Crippen LogP contribution in [0.4, 0.5) is 0 Å². The number of hydrogen-bond acceptors (Lipinski definition) is 2. The zero-order valence-corrected chi connectivity index (χ0v) is 8.61.